The molecule has 3 heterocycles. The van der Waals surface area contributed by atoms with Crippen molar-refractivity contribution in [2.45, 2.75) is 32.7 Å². The Kier molecular flexibility index (Phi) is 7.22. The van der Waals surface area contributed by atoms with Gasteiger partial charge in [0.2, 0.25) is 5.91 Å². The van der Waals surface area contributed by atoms with Gasteiger partial charge in [-0.05, 0) is 55.2 Å². The van der Waals surface area contributed by atoms with Crippen molar-refractivity contribution in [1.82, 2.24) is 10.5 Å². The molecule has 0 aliphatic heterocycles. The number of carbonyl (C=O) groups excluding carboxylic acids is 2. The van der Waals surface area contributed by atoms with Crippen LogP contribution in [0.2, 0.25) is 0 Å². The maximum atomic E-state index is 12.3. The Morgan fingerprint density at radius 3 is 3.06 bits per heavy atom. The Bertz CT molecular complexity index is 1200. The molecule has 0 aromatic carbocycles. The molecule has 0 fully saturated rings. The average molecular weight is 483 g/mol. The Labute approximate surface area is 198 Å². The number of nitrogens with zero attached hydrogens (tertiary/aromatic N) is 2. The maximum absolute atomic E-state index is 12.3. The SMILES string of the molecule is Cc1cc(CNC(=O)OCC2CCc3c(sc(NC(=O)C=Cc4cccs4)c3C#N)C2)no1. The highest BCUT2D eigenvalue weighted by molar-refractivity contribution is 7.16. The van der Waals surface area contributed by atoms with E-state index in [4.69, 9.17) is 9.26 Å². The molecule has 1 aliphatic carbocycles. The van der Waals surface area contributed by atoms with E-state index in [2.05, 4.69) is 21.9 Å². The third-order valence-corrected chi connectivity index (χ3v) is 7.21. The third kappa shape index (κ3) is 5.88. The molecule has 2 amide bonds. The Morgan fingerprint density at radius 2 is 2.33 bits per heavy atom. The van der Waals surface area contributed by atoms with E-state index < -0.39 is 6.09 Å². The largest absolute Gasteiger partial charge is 0.449 e. The van der Waals surface area contributed by atoms with Crippen LogP contribution < -0.4 is 10.6 Å². The summed E-state index contributed by atoms with van der Waals surface area (Å²) in [5, 5.41) is 21.5. The summed E-state index contributed by atoms with van der Waals surface area (Å²) in [5.41, 5.74) is 2.16. The van der Waals surface area contributed by atoms with Gasteiger partial charge < -0.3 is 19.9 Å². The molecule has 0 radical (unpaired) electrons. The van der Waals surface area contributed by atoms with Gasteiger partial charge in [-0.1, -0.05) is 11.2 Å². The number of nitrogens with one attached hydrogen (secondary N) is 2. The molecule has 33 heavy (non-hydrogen) atoms. The minimum Gasteiger partial charge on any atom is -0.449 e. The van der Waals surface area contributed by atoms with Crippen LogP contribution in [-0.4, -0.2) is 23.8 Å². The first-order valence-corrected chi connectivity index (χ1v) is 12.1. The van der Waals surface area contributed by atoms with Crippen molar-refractivity contribution in [1.29, 1.82) is 5.26 Å². The van der Waals surface area contributed by atoms with Gasteiger partial charge in [0.15, 0.2) is 0 Å². The Morgan fingerprint density at radius 1 is 1.45 bits per heavy atom. The predicted octanol–water partition coefficient (Wildman–Crippen LogP) is 4.66. The van der Waals surface area contributed by atoms with Crippen molar-refractivity contribution >= 4 is 45.8 Å². The van der Waals surface area contributed by atoms with Crippen LogP contribution in [-0.2, 0) is 28.9 Å². The van der Waals surface area contributed by atoms with E-state index in [1.54, 1.807) is 30.4 Å². The molecule has 0 bridgehead atoms. The quantitative estimate of drug-likeness (QED) is 0.473. The van der Waals surface area contributed by atoms with E-state index in [1.807, 2.05) is 17.5 Å². The molecule has 170 valence electrons. The lowest BCUT2D eigenvalue weighted by Crippen LogP contribution is -2.27. The van der Waals surface area contributed by atoms with Gasteiger partial charge in [-0.3, -0.25) is 4.79 Å². The van der Waals surface area contributed by atoms with Crippen molar-refractivity contribution in [3.63, 3.8) is 0 Å². The summed E-state index contributed by atoms with van der Waals surface area (Å²) in [4.78, 5) is 26.4. The van der Waals surface area contributed by atoms with Crippen LogP contribution in [0.5, 0.6) is 0 Å². The minimum atomic E-state index is -0.504. The van der Waals surface area contributed by atoms with E-state index >= 15 is 0 Å². The number of hydrogen-bond donors (Lipinski definition) is 2. The molecule has 3 aromatic heterocycles. The monoisotopic (exact) mass is 482 g/mol. The highest BCUT2D eigenvalue weighted by Gasteiger charge is 2.27. The molecule has 0 spiro atoms. The first-order chi connectivity index (χ1) is 16.0. The van der Waals surface area contributed by atoms with E-state index in [1.165, 1.54) is 17.4 Å². The zero-order chi connectivity index (χ0) is 23.2. The van der Waals surface area contributed by atoms with Crippen molar-refractivity contribution in [2.75, 3.05) is 11.9 Å². The zero-order valence-electron chi connectivity index (χ0n) is 17.9. The van der Waals surface area contributed by atoms with Crippen molar-refractivity contribution in [3.05, 3.63) is 62.0 Å². The zero-order valence-corrected chi connectivity index (χ0v) is 19.6. The number of anilines is 1. The summed E-state index contributed by atoms with van der Waals surface area (Å²) in [7, 11) is 0. The van der Waals surface area contributed by atoms with Crippen molar-refractivity contribution in [3.8, 4) is 6.07 Å². The second kappa shape index (κ2) is 10.5. The first kappa shape index (κ1) is 22.8. The molecular weight excluding hydrogens is 460 g/mol. The molecule has 3 aromatic rings. The van der Waals surface area contributed by atoms with Crippen LogP contribution in [0, 0.1) is 24.2 Å². The molecule has 1 atom stereocenters. The summed E-state index contributed by atoms with van der Waals surface area (Å²) >= 11 is 2.97. The second-order valence-corrected chi connectivity index (χ2v) is 9.73. The predicted molar refractivity (Wildman–Crippen MR) is 126 cm³/mol. The number of alkyl carbamates (subject to hydrolysis) is 1. The van der Waals surface area contributed by atoms with Crippen LogP contribution in [0.25, 0.3) is 6.08 Å². The number of aryl methyl sites for hydroxylation is 1. The number of ether oxygens (including phenoxy) is 1. The molecule has 4 rings (SSSR count). The fourth-order valence-corrected chi connectivity index (χ4v) is 5.54. The highest BCUT2D eigenvalue weighted by atomic mass is 32.1. The highest BCUT2D eigenvalue weighted by Crippen LogP contribution is 2.39. The van der Waals surface area contributed by atoms with E-state index in [-0.39, 0.29) is 25.0 Å². The third-order valence-electron chi connectivity index (χ3n) is 5.20. The van der Waals surface area contributed by atoms with E-state index in [0.717, 1.165) is 21.7 Å². The molecule has 0 saturated carbocycles. The summed E-state index contributed by atoms with van der Waals surface area (Å²) in [6.07, 6.45) is 4.94. The van der Waals surface area contributed by atoms with Gasteiger partial charge in [0.1, 0.15) is 22.5 Å². The number of carbonyl (C=O) groups is 2. The average Bonchev–Trinajstić information content (AvgIpc) is 3.54. The first-order valence-electron chi connectivity index (χ1n) is 10.4. The number of fused-ring (bicyclic) bond motifs is 1. The van der Waals surface area contributed by atoms with Crippen molar-refractivity contribution < 1.29 is 18.8 Å². The lowest BCUT2D eigenvalue weighted by molar-refractivity contribution is -0.111. The summed E-state index contributed by atoms with van der Waals surface area (Å²) in [6, 6.07) is 7.84. The summed E-state index contributed by atoms with van der Waals surface area (Å²) in [5.74, 6) is 0.572. The molecule has 1 aliphatic rings. The summed E-state index contributed by atoms with van der Waals surface area (Å²) in [6.45, 7) is 2.31. The van der Waals surface area contributed by atoms with Crippen LogP contribution in [0.3, 0.4) is 0 Å². The normalized spacial score (nSPS) is 15.1. The molecule has 0 saturated heterocycles. The minimum absolute atomic E-state index is 0.157. The van der Waals surface area contributed by atoms with E-state index in [9.17, 15) is 14.9 Å². The fourth-order valence-electron chi connectivity index (χ4n) is 3.61. The van der Waals surface area contributed by atoms with Crippen LogP contribution in [0.1, 0.15) is 38.8 Å². The standard InChI is InChI=1S/C23H22N4O4S2/c1-14-9-16(27-31-14)12-25-23(29)30-13-15-4-6-18-19(11-24)22(33-20(18)10-15)26-21(28)7-5-17-3-2-8-32-17/h2-3,5,7-9,15H,4,6,10,12-13H2,1H3,(H,25,29)(H,26,28). The van der Waals surface area contributed by atoms with Gasteiger partial charge in [-0.25, -0.2) is 4.79 Å². The van der Waals surface area contributed by atoms with Gasteiger partial charge in [-0.15, -0.1) is 22.7 Å². The van der Waals surface area contributed by atoms with Gasteiger partial charge in [0.25, 0.3) is 0 Å². The van der Waals surface area contributed by atoms with E-state index in [0.29, 0.717) is 34.9 Å². The van der Waals surface area contributed by atoms with Gasteiger partial charge in [0, 0.05) is 21.9 Å². The van der Waals surface area contributed by atoms with Crippen LogP contribution >= 0.6 is 22.7 Å². The number of nitriles is 1. The molecule has 10 heteroatoms. The maximum Gasteiger partial charge on any atom is 0.407 e. The van der Waals surface area contributed by atoms with Gasteiger partial charge in [0.05, 0.1) is 18.7 Å². The van der Waals surface area contributed by atoms with Gasteiger partial charge >= 0.3 is 6.09 Å². The number of thiophene rings is 2. The fraction of sp³-hybridized carbons (Fsp3) is 0.304. The molecule has 8 nitrogen and oxygen atoms in total. The number of aromatic nitrogens is 1. The lowest BCUT2D eigenvalue weighted by atomic mass is 9.88. The lowest BCUT2D eigenvalue weighted by Gasteiger charge is -2.21. The molecule has 1 unspecified atom stereocenters. The Balaban J connectivity index is 1.31. The topological polar surface area (TPSA) is 117 Å². The Hall–Kier alpha value is -3.42. The number of rotatable bonds is 7. The number of hydrogen-bond acceptors (Lipinski definition) is 8. The van der Waals surface area contributed by atoms with Gasteiger partial charge in [-0.2, -0.15) is 5.26 Å². The smallest absolute Gasteiger partial charge is 0.407 e. The summed E-state index contributed by atoms with van der Waals surface area (Å²) < 4.78 is 10.3. The van der Waals surface area contributed by atoms with Crippen LogP contribution in [0.15, 0.2) is 34.2 Å². The number of amides is 2. The van der Waals surface area contributed by atoms with Crippen LogP contribution in [0.4, 0.5) is 9.80 Å². The molecular formula is C23H22N4O4S2. The second-order valence-electron chi connectivity index (χ2n) is 7.65. The van der Waals surface area contributed by atoms with Crippen molar-refractivity contribution in [2.24, 2.45) is 5.92 Å². The molecule has 2 N–H and O–H groups in total.